The molecule has 2 aromatic heterocycles. The number of H-pyrrole nitrogens is 1. The molecule has 0 aliphatic rings. The first-order chi connectivity index (χ1) is 9.31. The smallest absolute Gasteiger partial charge is 0.0794 e. The van der Waals surface area contributed by atoms with Crippen molar-refractivity contribution in [2.24, 2.45) is 0 Å². The number of hydrogen-bond acceptors (Lipinski definition) is 4. The Kier molecular flexibility index (Phi) is 5.94. The first-order valence-electron chi connectivity index (χ1n) is 6.68. The minimum absolute atomic E-state index is 0.546. The SMILES string of the molecule is CCSCCC(C)NCc1cn[nH]c1-c1cccs1. The van der Waals surface area contributed by atoms with Crippen LogP contribution in [-0.4, -0.2) is 27.7 Å². The van der Waals surface area contributed by atoms with E-state index in [9.17, 15) is 0 Å². The zero-order valence-electron chi connectivity index (χ0n) is 11.5. The molecule has 0 saturated heterocycles. The first-order valence-corrected chi connectivity index (χ1v) is 8.72. The van der Waals surface area contributed by atoms with Gasteiger partial charge in [-0.05, 0) is 36.3 Å². The Morgan fingerprint density at radius 2 is 2.42 bits per heavy atom. The molecule has 2 rings (SSSR count). The summed E-state index contributed by atoms with van der Waals surface area (Å²) in [6.45, 7) is 5.34. The predicted octanol–water partition coefficient (Wildman–Crippen LogP) is 3.76. The third-order valence-corrected chi connectivity index (χ3v) is 4.85. The largest absolute Gasteiger partial charge is 0.310 e. The molecule has 0 saturated carbocycles. The van der Waals surface area contributed by atoms with Crippen LogP contribution >= 0.6 is 23.1 Å². The van der Waals surface area contributed by atoms with Gasteiger partial charge in [-0.1, -0.05) is 13.0 Å². The summed E-state index contributed by atoms with van der Waals surface area (Å²) >= 11 is 3.75. The summed E-state index contributed by atoms with van der Waals surface area (Å²) in [6, 6.07) is 4.75. The van der Waals surface area contributed by atoms with Gasteiger partial charge in [0.2, 0.25) is 0 Å². The number of thioether (sulfide) groups is 1. The fourth-order valence-electron chi connectivity index (χ4n) is 1.87. The van der Waals surface area contributed by atoms with E-state index in [2.05, 4.69) is 46.9 Å². The van der Waals surface area contributed by atoms with Crippen LogP contribution in [0.4, 0.5) is 0 Å². The van der Waals surface area contributed by atoms with E-state index in [-0.39, 0.29) is 0 Å². The molecule has 0 aliphatic carbocycles. The maximum atomic E-state index is 4.17. The zero-order chi connectivity index (χ0) is 13.5. The molecular formula is C14H21N3S2. The number of rotatable bonds is 8. The van der Waals surface area contributed by atoms with E-state index in [1.54, 1.807) is 11.3 Å². The highest BCUT2D eigenvalue weighted by atomic mass is 32.2. The van der Waals surface area contributed by atoms with Crippen LogP contribution in [0, 0.1) is 0 Å². The summed E-state index contributed by atoms with van der Waals surface area (Å²) in [5.74, 6) is 2.44. The zero-order valence-corrected chi connectivity index (χ0v) is 13.1. The standard InChI is InChI=1S/C14H21N3S2/c1-3-18-8-6-11(2)15-9-12-10-16-17-14(12)13-5-4-7-19-13/h4-5,7,10-11,15H,3,6,8-9H2,1-2H3,(H,16,17). The van der Waals surface area contributed by atoms with Crippen LogP contribution < -0.4 is 5.32 Å². The van der Waals surface area contributed by atoms with Crippen molar-refractivity contribution in [3.63, 3.8) is 0 Å². The van der Waals surface area contributed by atoms with E-state index >= 15 is 0 Å². The molecule has 1 atom stereocenters. The molecule has 0 radical (unpaired) electrons. The lowest BCUT2D eigenvalue weighted by molar-refractivity contribution is 0.538. The second-order valence-electron chi connectivity index (χ2n) is 4.52. The maximum Gasteiger partial charge on any atom is 0.0794 e. The Bertz CT molecular complexity index is 465. The fraction of sp³-hybridized carbons (Fsp3) is 0.500. The average Bonchev–Trinajstić information content (AvgIpc) is 3.07. The van der Waals surface area contributed by atoms with E-state index in [0.29, 0.717) is 6.04 Å². The topological polar surface area (TPSA) is 40.7 Å². The predicted molar refractivity (Wildman–Crippen MR) is 85.8 cm³/mol. The molecule has 0 amide bonds. The molecule has 2 heterocycles. The van der Waals surface area contributed by atoms with Gasteiger partial charge in [-0.3, -0.25) is 5.10 Å². The van der Waals surface area contributed by atoms with Gasteiger partial charge in [0.1, 0.15) is 0 Å². The highest BCUT2D eigenvalue weighted by Gasteiger charge is 2.09. The third-order valence-electron chi connectivity index (χ3n) is 3.03. The summed E-state index contributed by atoms with van der Waals surface area (Å²) in [4.78, 5) is 1.25. The normalized spacial score (nSPS) is 12.7. The number of hydrogen-bond donors (Lipinski definition) is 2. The van der Waals surface area contributed by atoms with Crippen LogP contribution in [0.3, 0.4) is 0 Å². The van der Waals surface area contributed by atoms with Gasteiger partial charge in [-0.15, -0.1) is 11.3 Å². The van der Waals surface area contributed by atoms with E-state index in [1.807, 2.05) is 18.0 Å². The molecule has 104 valence electrons. The van der Waals surface area contributed by atoms with Gasteiger partial charge in [-0.2, -0.15) is 16.9 Å². The molecule has 0 bridgehead atoms. The van der Waals surface area contributed by atoms with Crippen LogP contribution in [0.1, 0.15) is 25.8 Å². The van der Waals surface area contributed by atoms with E-state index < -0.39 is 0 Å². The molecular weight excluding hydrogens is 274 g/mol. The molecule has 19 heavy (non-hydrogen) atoms. The number of nitrogens with one attached hydrogen (secondary N) is 2. The molecule has 0 aliphatic heterocycles. The average molecular weight is 295 g/mol. The van der Waals surface area contributed by atoms with Gasteiger partial charge in [0.25, 0.3) is 0 Å². The third kappa shape index (κ3) is 4.37. The molecule has 2 N–H and O–H groups in total. The highest BCUT2D eigenvalue weighted by Crippen LogP contribution is 2.25. The molecule has 5 heteroatoms. The Hall–Kier alpha value is -0.780. The van der Waals surface area contributed by atoms with E-state index in [0.717, 1.165) is 12.2 Å². The minimum atomic E-state index is 0.546. The summed E-state index contributed by atoms with van der Waals surface area (Å²) in [7, 11) is 0. The number of aromatic nitrogens is 2. The van der Waals surface area contributed by atoms with Crippen molar-refractivity contribution in [1.29, 1.82) is 0 Å². The first kappa shape index (κ1) is 14.6. The van der Waals surface area contributed by atoms with Crippen molar-refractivity contribution in [2.75, 3.05) is 11.5 Å². The molecule has 3 nitrogen and oxygen atoms in total. The van der Waals surface area contributed by atoms with Crippen molar-refractivity contribution in [3.05, 3.63) is 29.3 Å². The second kappa shape index (κ2) is 7.72. The van der Waals surface area contributed by atoms with E-state index in [4.69, 9.17) is 0 Å². The van der Waals surface area contributed by atoms with Crippen molar-refractivity contribution in [2.45, 2.75) is 32.9 Å². The Labute approximate surface area is 123 Å². The minimum Gasteiger partial charge on any atom is -0.310 e. The van der Waals surface area contributed by atoms with Gasteiger partial charge >= 0.3 is 0 Å². The summed E-state index contributed by atoms with van der Waals surface area (Å²) in [6.07, 6.45) is 3.14. The maximum absolute atomic E-state index is 4.17. The van der Waals surface area contributed by atoms with Crippen molar-refractivity contribution in [3.8, 4) is 10.6 Å². The lowest BCUT2D eigenvalue weighted by Crippen LogP contribution is -2.26. The fourth-order valence-corrected chi connectivity index (χ4v) is 3.43. The van der Waals surface area contributed by atoms with Crippen molar-refractivity contribution in [1.82, 2.24) is 15.5 Å². The summed E-state index contributed by atoms with van der Waals surface area (Å²) in [5, 5.41) is 12.9. The van der Waals surface area contributed by atoms with Gasteiger partial charge in [0, 0.05) is 18.2 Å². The van der Waals surface area contributed by atoms with Gasteiger partial charge < -0.3 is 5.32 Å². The number of aromatic amines is 1. The highest BCUT2D eigenvalue weighted by molar-refractivity contribution is 7.99. The molecule has 0 aromatic carbocycles. The Balaban J connectivity index is 1.85. The lowest BCUT2D eigenvalue weighted by atomic mass is 10.2. The van der Waals surface area contributed by atoms with Crippen LogP contribution in [0.5, 0.6) is 0 Å². The summed E-state index contributed by atoms with van der Waals surface area (Å²) in [5.41, 5.74) is 2.40. The number of thiophene rings is 1. The monoisotopic (exact) mass is 295 g/mol. The summed E-state index contributed by atoms with van der Waals surface area (Å²) < 4.78 is 0. The molecule has 0 fully saturated rings. The van der Waals surface area contributed by atoms with Gasteiger partial charge in [0.05, 0.1) is 16.8 Å². The quantitative estimate of drug-likeness (QED) is 0.729. The molecule has 2 aromatic rings. The van der Waals surface area contributed by atoms with Crippen LogP contribution in [-0.2, 0) is 6.54 Å². The second-order valence-corrected chi connectivity index (χ2v) is 6.86. The van der Waals surface area contributed by atoms with Crippen LogP contribution in [0.2, 0.25) is 0 Å². The van der Waals surface area contributed by atoms with E-state index in [1.165, 1.54) is 28.4 Å². The van der Waals surface area contributed by atoms with Gasteiger partial charge in [-0.25, -0.2) is 0 Å². The van der Waals surface area contributed by atoms with Crippen molar-refractivity contribution >= 4 is 23.1 Å². The van der Waals surface area contributed by atoms with Crippen LogP contribution in [0.25, 0.3) is 10.6 Å². The lowest BCUT2D eigenvalue weighted by Gasteiger charge is -2.13. The molecule has 0 spiro atoms. The molecule has 1 unspecified atom stereocenters. The van der Waals surface area contributed by atoms with Crippen LogP contribution in [0.15, 0.2) is 23.7 Å². The number of nitrogens with zero attached hydrogens (tertiary/aromatic N) is 1. The van der Waals surface area contributed by atoms with Gasteiger partial charge in [0.15, 0.2) is 0 Å². The Morgan fingerprint density at radius 1 is 1.53 bits per heavy atom. The Morgan fingerprint density at radius 3 is 3.16 bits per heavy atom. The van der Waals surface area contributed by atoms with Crippen molar-refractivity contribution < 1.29 is 0 Å².